The van der Waals surface area contributed by atoms with Gasteiger partial charge in [0.1, 0.15) is 11.3 Å². The van der Waals surface area contributed by atoms with Gasteiger partial charge in [-0.05, 0) is 62.3 Å². The van der Waals surface area contributed by atoms with Crippen LogP contribution in [0.5, 0.6) is 0 Å². The Morgan fingerprint density at radius 1 is 0.967 bits per heavy atom. The lowest BCUT2D eigenvalue weighted by Crippen LogP contribution is -2.30. The minimum atomic E-state index is -0.259. The summed E-state index contributed by atoms with van der Waals surface area (Å²) >= 11 is 1.52. The van der Waals surface area contributed by atoms with E-state index < -0.39 is 0 Å². The first kappa shape index (κ1) is 19.3. The molecule has 30 heavy (non-hydrogen) atoms. The van der Waals surface area contributed by atoms with E-state index in [9.17, 15) is 4.39 Å². The third-order valence-electron chi connectivity index (χ3n) is 5.26. The van der Waals surface area contributed by atoms with Crippen molar-refractivity contribution in [3.63, 3.8) is 0 Å². The lowest BCUT2D eigenvalue weighted by molar-refractivity contribution is 0.214. The second-order valence-electron chi connectivity index (χ2n) is 7.41. The fourth-order valence-electron chi connectivity index (χ4n) is 3.77. The van der Waals surface area contributed by atoms with Crippen molar-refractivity contribution in [2.24, 2.45) is 0 Å². The summed E-state index contributed by atoms with van der Waals surface area (Å²) in [5.41, 5.74) is 2.48. The molecule has 1 aliphatic rings. The van der Waals surface area contributed by atoms with Gasteiger partial charge in [0.2, 0.25) is 5.89 Å². The fourth-order valence-corrected chi connectivity index (χ4v) is 4.59. The van der Waals surface area contributed by atoms with E-state index in [1.165, 1.54) is 43.2 Å². The molecule has 0 unspecified atom stereocenters. The van der Waals surface area contributed by atoms with Crippen LogP contribution < -0.4 is 0 Å². The molecule has 1 saturated heterocycles. The van der Waals surface area contributed by atoms with E-state index in [4.69, 9.17) is 4.42 Å². The van der Waals surface area contributed by atoms with Crippen molar-refractivity contribution in [3.8, 4) is 5.69 Å². The number of likely N-dealkylation sites (tertiary alicyclic amines) is 1. The van der Waals surface area contributed by atoms with Crippen LogP contribution in [0.2, 0.25) is 0 Å². The number of hydrogen-bond acceptors (Lipinski definition) is 6. The minimum absolute atomic E-state index is 0.259. The summed E-state index contributed by atoms with van der Waals surface area (Å²) in [6, 6.07) is 14.2. The zero-order valence-corrected chi connectivity index (χ0v) is 17.3. The van der Waals surface area contributed by atoms with E-state index in [-0.39, 0.29) is 5.82 Å². The molecular formula is C22H22FN5OS. The molecule has 1 fully saturated rings. The molecule has 5 rings (SSSR count). The van der Waals surface area contributed by atoms with Gasteiger partial charge in [-0.25, -0.2) is 9.37 Å². The Morgan fingerprint density at radius 2 is 1.77 bits per heavy atom. The first-order chi connectivity index (χ1) is 14.8. The Labute approximate surface area is 178 Å². The number of piperidine rings is 1. The van der Waals surface area contributed by atoms with Crippen molar-refractivity contribution >= 4 is 22.9 Å². The summed E-state index contributed by atoms with van der Waals surface area (Å²) in [4.78, 5) is 6.94. The van der Waals surface area contributed by atoms with Gasteiger partial charge in [-0.15, -0.1) is 10.2 Å². The Bertz CT molecular complexity index is 1100. The second kappa shape index (κ2) is 8.57. The zero-order chi connectivity index (χ0) is 20.3. The monoisotopic (exact) mass is 423 g/mol. The molecule has 154 valence electrons. The second-order valence-corrected chi connectivity index (χ2v) is 8.35. The quantitative estimate of drug-likeness (QED) is 0.414. The number of para-hydroxylation sites is 2. The predicted molar refractivity (Wildman–Crippen MR) is 114 cm³/mol. The van der Waals surface area contributed by atoms with Gasteiger partial charge >= 0.3 is 0 Å². The van der Waals surface area contributed by atoms with Crippen LogP contribution in [0.1, 0.15) is 31.0 Å². The van der Waals surface area contributed by atoms with Crippen molar-refractivity contribution < 1.29 is 8.81 Å². The van der Waals surface area contributed by atoms with Gasteiger partial charge < -0.3 is 4.42 Å². The molecule has 2 aromatic heterocycles. The zero-order valence-electron chi connectivity index (χ0n) is 16.5. The molecule has 0 aliphatic carbocycles. The molecule has 8 heteroatoms. The van der Waals surface area contributed by atoms with Crippen LogP contribution in [0.3, 0.4) is 0 Å². The van der Waals surface area contributed by atoms with Crippen LogP contribution in [-0.2, 0) is 12.3 Å². The summed E-state index contributed by atoms with van der Waals surface area (Å²) in [6.45, 7) is 2.87. The highest BCUT2D eigenvalue weighted by Crippen LogP contribution is 2.27. The molecule has 0 spiro atoms. The molecular weight excluding hydrogens is 401 g/mol. The van der Waals surface area contributed by atoms with Crippen LogP contribution in [-0.4, -0.2) is 37.7 Å². The summed E-state index contributed by atoms with van der Waals surface area (Å²) in [6.07, 6.45) is 3.71. The molecule has 0 amide bonds. The van der Waals surface area contributed by atoms with E-state index >= 15 is 0 Å². The number of halogens is 1. The average Bonchev–Trinajstić information content (AvgIpc) is 3.37. The third-order valence-corrected chi connectivity index (χ3v) is 6.18. The largest absolute Gasteiger partial charge is 0.440 e. The van der Waals surface area contributed by atoms with Gasteiger partial charge in [0, 0.05) is 5.69 Å². The Hall–Kier alpha value is -2.71. The molecule has 3 heterocycles. The van der Waals surface area contributed by atoms with Gasteiger partial charge in [0.15, 0.2) is 16.6 Å². The SMILES string of the molecule is Fc1ccc(-n2c(CN3CCCCC3)nnc2SCc2nc3ccccc3o2)cc1. The van der Waals surface area contributed by atoms with Crippen LogP contribution >= 0.6 is 11.8 Å². The van der Waals surface area contributed by atoms with Crippen LogP contribution in [0, 0.1) is 5.82 Å². The number of nitrogens with zero attached hydrogens (tertiary/aromatic N) is 5. The smallest absolute Gasteiger partial charge is 0.205 e. The van der Waals surface area contributed by atoms with Crippen LogP contribution in [0.15, 0.2) is 58.1 Å². The Kier molecular flexibility index (Phi) is 5.50. The summed E-state index contributed by atoms with van der Waals surface area (Å²) in [5.74, 6) is 1.79. The van der Waals surface area contributed by atoms with Crippen molar-refractivity contribution in [1.29, 1.82) is 0 Å². The van der Waals surface area contributed by atoms with Gasteiger partial charge in [-0.2, -0.15) is 0 Å². The van der Waals surface area contributed by atoms with E-state index in [0.717, 1.165) is 47.4 Å². The molecule has 2 aromatic carbocycles. The Balaban J connectivity index is 1.42. The van der Waals surface area contributed by atoms with E-state index in [2.05, 4.69) is 20.1 Å². The summed E-state index contributed by atoms with van der Waals surface area (Å²) in [5, 5.41) is 9.65. The van der Waals surface area contributed by atoms with Crippen molar-refractivity contribution in [1.82, 2.24) is 24.6 Å². The van der Waals surface area contributed by atoms with E-state index in [1.54, 1.807) is 12.1 Å². The van der Waals surface area contributed by atoms with Crippen molar-refractivity contribution in [2.45, 2.75) is 36.7 Å². The third kappa shape index (κ3) is 4.11. The summed E-state index contributed by atoms with van der Waals surface area (Å²) in [7, 11) is 0. The maximum Gasteiger partial charge on any atom is 0.205 e. The number of thioether (sulfide) groups is 1. The molecule has 4 aromatic rings. The number of aromatic nitrogens is 4. The number of rotatable bonds is 6. The molecule has 0 radical (unpaired) electrons. The van der Waals surface area contributed by atoms with Crippen molar-refractivity contribution in [3.05, 3.63) is 66.1 Å². The molecule has 1 aliphatic heterocycles. The molecule has 0 N–H and O–H groups in total. The maximum atomic E-state index is 13.5. The number of benzene rings is 2. The highest BCUT2D eigenvalue weighted by molar-refractivity contribution is 7.98. The molecule has 0 bridgehead atoms. The normalized spacial score (nSPS) is 15.1. The first-order valence-electron chi connectivity index (χ1n) is 10.2. The van der Waals surface area contributed by atoms with Gasteiger partial charge in [0.05, 0.1) is 12.3 Å². The van der Waals surface area contributed by atoms with Gasteiger partial charge in [0.25, 0.3) is 0 Å². The minimum Gasteiger partial charge on any atom is -0.440 e. The highest BCUT2D eigenvalue weighted by Gasteiger charge is 2.19. The van der Waals surface area contributed by atoms with E-state index in [0.29, 0.717) is 11.6 Å². The maximum absolute atomic E-state index is 13.5. The lowest BCUT2D eigenvalue weighted by Gasteiger charge is -2.26. The molecule has 0 saturated carbocycles. The number of hydrogen-bond donors (Lipinski definition) is 0. The van der Waals surface area contributed by atoms with Crippen molar-refractivity contribution in [2.75, 3.05) is 13.1 Å². The standard InChI is InChI=1S/C22H22FN5OS/c23-16-8-10-17(11-9-16)28-20(14-27-12-4-1-5-13-27)25-26-22(28)30-15-21-24-18-6-2-3-7-19(18)29-21/h2-3,6-11H,1,4-5,12-15H2. The Morgan fingerprint density at radius 3 is 2.57 bits per heavy atom. The topological polar surface area (TPSA) is 60.0 Å². The summed E-state index contributed by atoms with van der Waals surface area (Å²) < 4.78 is 21.3. The highest BCUT2D eigenvalue weighted by atomic mass is 32.2. The number of oxazole rings is 1. The predicted octanol–water partition coefficient (Wildman–Crippen LogP) is 4.83. The van der Waals surface area contributed by atoms with Gasteiger partial charge in [-0.3, -0.25) is 9.47 Å². The van der Waals surface area contributed by atoms with Gasteiger partial charge in [-0.1, -0.05) is 30.3 Å². The average molecular weight is 424 g/mol. The van der Waals surface area contributed by atoms with Crippen LogP contribution in [0.4, 0.5) is 4.39 Å². The molecule has 0 atom stereocenters. The first-order valence-corrected chi connectivity index (χ1v) is 11.1. The van der Waals surface area contributed by atoms with E-state index in [1.807, 2.05) is 28.8 Å². The van der Waals surface area contributed by atoms with Crippen LogP contribution in [0.25, 0.3) is 16.8 Å². The number of fused-ring (bicyclic) bond motifs is 1. The lowest BCUT2D eigenvalue weighted by atomic mass is 10.1. The fraction of sp³-hybridized carbons (Fsp3) is 0.318. The molecule has 6 nitrogen and oxygen atoms in total.